The quantitative estimate of drug-likeness (QED) is 0.482. The van der Waals surface area contributed by atoms with Gasteiger partial charge in [0, 0.05) is 18.3 Å². The molecule has 2 aromatic heterocycles. The first kappa shape index (κ1) is 15.7. The lowest BCUT2D eigenvalue weighted by Crippen LogP contribution is -2.06. The van der Waals surface area contributed by atoms with E-state index in [4.69, 9.17) is 12.7 Å². The lowest BCUT2D eigenvalue weighted by Gasteiger charge is -2.12. The summed E-state index contributed by atoms with van der Waals surface area (Å²) in [6, 6.07) is 2.14. The number of aryl methyl sites for hydroxylation is 4. The van der Waals surface area contributed by atoms with E-state index in [1.165, 1.54) is 0 Å². The molecule has 2 aromatic rings. The van der Waals surface area contributed by atoms with E-state index in [0.717, 1.165) is 5.69 Å². The standard InChI is InChI=1S/C14H15BN6O/c1-7-12(9(3)21(5)20-7)11(6-16)14(22-15)13-8(2)18-19-10(4)17-13/h1-5H3. The van der Waals surface area contributed by atoms with Gasteiger partial charge < -0.3 is 4.65 Å². The monoisotopic (exact) mass is 294 g/mol. The molecule has 0 aliphatic rings. The third-order valence-corrected chi connectivity index (χ3v) is 3.39. The van der Waals surface area contributed by atoms with Gasteiger partial charge in [-0.05, 0) is 27.7 Å². The van der Waals surface area contributed by atoms with Crippen molar-refractivity contribution in [3.8, 4) is 6.07 Å². The van der Waals surface area contributed by atoms with Crippen LogP contribution < -0.4 is 0 Å². The lowest BCUT2D eigenvalue weighted by atomic mass is 10.0. The van der Waals surface area contributed by atoms with Gasteiger partial charge in [0.05, 0.1) is 11.4 Å². The summed E-state index contributed by atoms with van der Waals surface area (Å²) in [5, 5.41) is 21.8. The fourth-order valence-electron chi connectivity index (χ4n) is 2.26. The van der Waals surface area contributed by atoms with Crippen molar-refractivity contribution in [2.45, 2.75) is 27.7 Å². The van der Waals surface area contributed by atoms with Crippen LogP contribution in [0.5, 0.6) is 0 Å². The third-order valence-electron chi connectivity index (χ3n) is 3.39. The van der Waals surface area contributed by atoms with Crippen LogP contribution in [0.15, 0.2) is 0 Å². The summed E-state index contributed by atoms with van der Waals surface area (Å²) in [4.78, 5) is 4.29. The van der Waals surface area contributed by atoms with Crippen LogP contribution in [0.2, 0.25) is 0 Å². The van der Waals surface area contributed by atoms with Crippen LogP contribution in [0.1, 0.15) is 34.2 Å². The molecule has 0 saturated heterocycles. The van der Waals surface area contributed by atoms with Crippen molar-refractivity contribution < 1.29 is 4.65 Å². The average Bonchev–Trinajstić information content (AvgIpc) is 2.73. The van der Waals surface area contributed by atoms with Crippen LogP contribution in [-0.4, -0.2) is 33.0 Å². The van der Waals surface area contributed by atoms with Gasteiger partial charge in [0.1, 0.15) is 28.9 Å². The van der Waals surface area contributed by atoms with Crippen LogP contribution in [0.25, 0.3) is 11.3 Å². The SMILES string of the molecule is [B]OC(=C(C#N)c1c(C)nn(C)c1C)c1nc(C)nnc1C. The molecule has 0 aliphatic carbocycles. The smallest absolute Gasteiger partial charge is 0.374 e. The second kappa shape index (κ2) is 5.97. The van der Waals surface area contributed by atoms with Crippen molar-refractivity contribution in [3.05, 3.63) is 34.2 Å². The normalized spacial score (nSPS) is 11.8. The minimum Gasteiger partial charge on any atom is -0.565 e. The van der Waals surface area contributed by atoms with Crippen LogP contribution in [-0.2, 0) is 11.7 Å². The van der Waals surface area contributed by atoms with Gasteiger partial charge in [-0.3, -0.25) is 4.68 Å². The van der Waals surface area contributed by atoms with Gasteiger partial charge in [-0.1, -0.05) is 0 Å². The Hall–Kier alpha value is -2.69. The summed E-state index contributed by atoms with van der Waals surface area (Å²) in [6.45, 7) is 7.13. The van der Waals surface area contributed by atoms with E-state index in [1.807, 2.05) is 20.9 Å². The molecule has 2 heterocycles. The molecular formula is C14H15BN6O. The van der Waals surface area contributed by atoms with E-state index >= 15 is 0 Å². The summed E-state index contributed by atoms with van der Waals surface area (Å²) >= 11 is 0. The fraction of sp³-hybridized carbons (Fsp3) is 0.357. The highest BCUT2D eigenvalue weighted by atomic mass is 16.4. The number of hydrogen-bond donors (Lipinski definition) is 0. The number of rotatable bonds is 3. The highest BCUT2D eigenvalue weighted by Gasteiger charge is 2.22. The molecular weight excluding hydrogens is 279 g/mol. The Kier molecular flexibility index (Phi) is 4.26. The van der Waals surface area contributed by atoms with Crippen LogP contribution >= 0.6 is 0 Å². The van der Waals surface area contributed by atoms with Gasteiger partial charge in [-0.25, -0.2) is 4.98 Å². The van der Waals surface area contributed by atoms with Gasteiger partial charge in [0.15, 0.2) is 0 Å². The average molecular weight is 294 g/mol. The first-order valence-corrected chi connectivity index (χ1v) is 6.60. The Labute approximate surface area is 130 Å². The van der Waals surface area contributed by atoms with Crippen LogP contribution in [0, 0.1) is 39.0 Å². The minimum absolute atomic E-state index is 0.164. The van der Waals surface area contributed by atoms with Crippen molar-refractivity contribution in [2.24, 2.45) is 7.05 Å². The second-order valence-corrected chi connectivity index (χ2v) is 4.90. The molecule has 22 heavy (non-hydrogen) atoms. The van der Waals surface area contributed by atoms with Crippen molar-refractivity contribution in [2.75, 3.05) is 0 Å². The van der Waals surface area contributed by atoms with E-state index in [0.29, 0.717) is 28.5 Å². The first-order chi connectivity index (χ1) is 10.4. The Morgan fingerprint density at radius 1 is 1.18 bits per heavy atom. The number of nitriles is 1. The van der Waals surface area contributed by atoms with Gasteiger partial charge in [-0.2, -0.15) is 15.5 Å². The van der Waals surface area contributed by atoms with Crippen molar-refractivity contribution in [3.63, 3.8) is 0 Å². The molecule has 0 amide bonds. The molecule has 0 saturated carbocycles. The Morgan fingerprint density at radius 2 is 1.86 bits per heavy atom. The topological polar surface area (TPSA) is 89.5 Å². The van der Waals surface area contributed by atoms with Gasteiger partial charge in [0.2, 0.25) is 0 Å². The van der Waals surface area contributed by atoms with Crippen molar-refractivity contribution in [1.82, 2.24) is 25.0 Å². The summed E-state index contributed by atoms with van der Waals surface area (Å²) in [7, 11) is 7.23. The maximum Gasteiger partial charge on any atom is 0.374 e. The molecule has 0 unspecified atom stereocenters. The molecule has 8 heteroatoms. The van der Waals surface area contributed by atoms with E-state index in [1.54, 1.807) is 18.5 Å². The molecule has 0 aromatic carbocycles. The molecule has 0 spiro atoms. The van der Waals surface area contributed by atoms with Gasteiger partial charge in [0.25, 0.3) is 0 Å². The zero-order valence-corrected chi connectivity index (χ0v) is 13.2. The summed E-state index contributed by atoms with van der Waals surface area (Å²) in [5.74, 6) is 0.629. The molecule has 0 N–H and O–H groups in total. The fourth-order valence-corrected chi connectivity index (χ4v) is 2.26. The lowest BCUT2D eigenvalue weighted by molar-refractivity contribution is 0.567. The Balaban J connectivity index is 2.80. The van der Waals surface area contributed by atoms with Gasteiger partial charge >= 0.3 is 8.05 Å². The molecule has 2 rings (SSSR count). The zero-order valence-electron chi connectivity index (χ0n) is 13.2. The molecule has 0 bridgehead atoms. The van der Waals surface area contributed by atoms with Crippen molar-refractivity contribution >= 4 is 19.4 Å². The number of hydrogen-bond acceptors (Lipinski definition) is 6. The summed E-state index contributed by atoms with van der Waals surface area (Å²) in [5.41, 5.74) is 3.42. The van der Waals surface area contributed by atoms with Gasteiger partial charge in [-0.15, -0.1) is 5.10 Å². The molecule has 0 fully saturated rings. The second-order valence-electron chi connectivity index (χ2n) is 4.90. The molecule has 0 atom stereocenters. The zero-order chi connectivity index (χ0) is 16.4. The predicted octanol–water partition coefficient (Wildman–Crippen LogP) is 1.33. The largest absolute Gasteiger partial charge is 0.565 e. The highest BCUT2D eigenvalue weighted by Crippen LogP contribution is 2.30. The number of allylic oxidation sites excluding steroid dienone is 1. The van der Waals surface area contributed by atoms with E-state index < -0.39 is 0 Å². The number of aromatic nitrogens is 5. The Bertz CT molecular complexity index is 802. The number of nitrogens with zero attached hydrogens (tertiary/aromatic N) is 6. The molecule has 0 aliphatic heterocycles. The predicted molar refractivity (Wildman–Crippen MR) is 81.2 cm³/mol. The minimum atomic E-state index is 0.164. The Morgan fingerprint density at radius 3 is 2.36 bits per heavy atom. The molecule has 7 nitrogen and oxygen atoms in total. The van der Waals surface area contributed by atoms with Crippen LogP contribution in [0.4, 0.5) is 0 Å². The van der Waals surface area contributed by atoms with E-state index in [-0.39, 0.29) is 11.3 Å². The molecule has 2 radical (unpaired) electrons. The summed E-state index contributed by atoms with van der Waals surface area (Å²) in [6.07, 6.45) is 0. The van der Waals surface area contributed by atoms with E-state index in [2.05, 4.69) is 26.3 Å². The highest BCUT2D eigenvalue weighted by molar-refractivity contribution is 6.06. The van der Waals surface area contributed by atoms with E-state index in [9.17, 15) is 5.26 Å². The maximum atomic E-state index is 9.62. The first-order valence-electron chi connectivity index (χ1n) is 6.60. The molecule has 110 valence electrons. The maximum absolute atomic E-state index is 9.62. The summed E-state index contributed by atoms with van der Waals surface area (Å²) < 4.78 is 6.69. The van der Waals surface area contributed by atoms with Crippen molar-refractivity contribution in [1.29, 1.82) is 5.26 Å². The van der Waals surface area contributed by atoms with Crippen LogP contribution in [0.3, 0.4) is 0 Å². The third kappa shape index (κ3) is 2.57.